The van der Waals surface area contributed by atoms with Crippen molar-refractivity contribution in [2.45, 2.75) is 37.8 Å². The highest BCUT2D eigenvalue weighted by molar-refractivity contribution is 5.90. The van der Waals surface area contributed by atoms with Gasteiger partial charge in [-0.15, -0.1) is 0 Å². The molecule has 2 aromatic carbocycles. The van der Waals surface area contributed by atoms with Gasteiger partial charge < -0.3 is 4.90 Å². The maximum absolute atomic E-state index is 13.2. The molecule has 0 radical (unpaired) electrons. The van der Waals surface area contributed by atoms with Gasteiger partial charge in [0.25, 0.3) is 0 Å². The Morgan fingerprint density at radius 3 is 2.96 bits per heavy atom. The molecule has 1 amide bonds. The average Bonchev–Trinajstić information content (AvgIpc) is 2.97. The van der Waals surface area contributed by atoms with Gasteiger partial charge in [-0.3, -0.25) is 4.79 Å². The van der Waals surface area contributed by atoms with Gasteiger partial charge in [0, 0.05) is 24.2 Å². The highest BCUT2D eigenvalue weighted by Gasteiger charge is 2.42. The molecular weight excluding hydrogens is 310 g/mol. The number of rotatable bonds is 2. The Hall–Kier alpha value is -2.75. The van der Waals surface area contributed by atoms with Crippen LogP contribution in [0.25, 0.3) is 10.8 Å². The summed E-state index contributed by atoms with van der Waals surface area (Å²) < 4.78 is 0. The van der Waals surface area contributed by atoms with Crippen molar-refractivity contribution >= 4 is 16.7 Å². The molecule has 2 aliphatic rings. The molecule has 0 saturated carbocycles. The van der Waals surface area contributed by atoms with Gasteiger partial charge in [0.1, 0.15) is 6.33 Å². The van der Waals surface area contributed by atoms with Crippen molar-refractivity contribution in [3.05, 3.63) is 71.8 Å². The summed E-state index contributed by atoms with van der Waals surface area (Å²) >= 11 is 0. The van der Waals surface area contributed by atoms with Crippen molar-refractivity contribution in [2.24, 2.45) is 0 Å². The van der Waals surface area contributed by atoms with Gasteiger partial charge in [-0.2, -0.15) is 0 Å². The van der Waals surface area contributed by atoms with E-state index in [1.54, 1.807) is 6.33 Å². The summed E-state index contributed by atoms with van der Waals surface area (Å²) in [6.07, 6.45) is 6.90. The van der Waals surface area contributed by atoms with E-state index in [1.807, 2.05) is 24.4 Å². The summed E-state index contributed by atoms with van der Waals surface area (Å²) in [5.41, 5.74) is 3.37. The van der Waals surface area contributed by atoms with Crippen LogP contribution in [0.2, 0.25) is 0 Å². The number of aromatic nitrogens is 2. The smallest absolute Gasteiger partial charge is 0.227 e. The predicted molar refractivity (Wildman–Crippen MR) is 96.0 cm³/mol. The molecule has 0 N–H and O–H groups in total. The Kier molecular flexibility index (Phi) is 3.30. The van der Waals surface area contributed by atoms with E-state index in [2.05, 4.69) is 39.1 Å². The van der Waals surface area contributed by atoms with E-state index < -0.39 is 0 Å². The molecule has 124 valence electrons. The van der Waals surface area contributed by atoms with Crippen molar-refractivity contribution in [3.63, 3.8) is 0 Å². The molecule has 2 unspecified atom stereocenters. The predicted octanol–water partition coefficient (Wildman–Crippen LogP) is 3.46. The first kappa shape index (κ1) is 14.6. The van der Waals surface area contributed by atoms with E-state index in [9.17, 15) is 4.79 Å². The number of carbonyl (C=O) groups excluding carboxylic acids is 1. The Labute approximate surface area is 146 Å². The molecule has 2 atom stereocenters. The number of nitrogens with zero attached hydrogens (tertiary/aromatic N) is 3. The molecule has 2 aliphatic heterocycles. The maximum atomic E-state index is 13.2. The standard InChI is InChI=1S/C21H19N3O/c25-21(10-15-6-3-5-14-4-1-2-7-17(14)15)24-16-8-9-20(24)18-12-22-13-23-19(18)11-16/h1-7,12-13,16,20H,8-11H2. The van der Waals surface area contributed by atoms with Crippen molar-refractivity contribution in [3.8, 4) is 0 Å². The fourth-order valence-corrected chi connectivity index (χ4v) is 4.50. The van der Waals surface area contributed by atoms with Gasteiger partial charge in [-0.05, 0) is 29.2 Å². The average molecular weight is 329 g/mol. The zero-order chi connectivity index (χ0) is 16.8. The van der Waals surface area contributed by atoms with Gasteiger partial charge in [0.2, 0.25) is 5.91 Å². The molecule has 1 aromatic heterocycles. The summed E-state index contributed by atoms with van der Waals surface area (Å²) in [4.78, 5) is 23.9. The van der Waals surface area contributed by atoms with E-state index in [0.29, 0.717) is 6.42 Å². The lowest BCUT2D eigenvalue weighted by Gasteiger charge is -2.35. The zero-order valence-electron chi connectivity index (χ0n) is 13.9. The molecule has 1 saturated heterocycles. The number of hydrogen-bond donors (Lipinski definition) is 0. The Morgan fingerprint density at radius 2 is 2.00 bits per heavy atom. The molecule has 3 heterocycles. The van der Waals surface area contributed by atoms with E-state index in [1.165, 1.54) is 10.8 Å². The number of hydrogen-bond acceptors (Lipinski definition) is 3. The van der Waals surface area contributed by atoms with Crippen LogP contribution in [0.15, 0.2) is 55.0 Å². The Balaban J connectivity index is 1.47. The minimum Gasteiger partial charge on any atom is -0.332 e. The first-order chi connectivity index (χ1) is 12.3. The van der Waals surface area contributed by atoms with Gasteiger partial charge >= 0.3 is 0 Å². The van der Waals surface area contributed by atoms with E-state index in [0.717, 1.165) is 36.1 Å². The van der Waals surface area contributed by atoms with Gasteiger partial charge in [0.15, 0.2) is 0 Å². The van der Waals surface area contributed by atoms with E-state index in [-0.39, 0.29) is 18.0 Å². The third-order valence-corrected chi connectivity index (χ3v) is 5.63. The van der Waals surface area contributed by atoms with Crippen LogP contribution in [0.4, 0.5) is 0 Å². The third kappa shape index (κ3) is 2.32. The summed E-state index contributed by atoms with van der Waals surface area (Å²) in [5, 5.41) is 2.36. The SMILES string of the molecule is O=C(Cc1cccc2ccccc12)N1C2CCC1c1cncnc1C2. The summed E-state index contributed by atoms with van der Waals surface area (Å²) in [6, 6.07) is 14.9. The lowest BCUT2D eigenvalue weighted by Crippen LogP contribution is -2.43. The first-order valence-electron chi connectivity index (χ1n) is 8.88. The van der Waals surface area contributed by atoms with Crippen LogP contribution in [0.3, 0.4) is 0 Å². The molecule has 1 fully saturated rings. The largest absolute Gasteiger partial charge is 0.332 e. The molecule has 0 aliphatic carbocycles. The van der Waals surface area contributed by atoms with E-state index >= 15 is 0 Å². The molecule has 5 rings (SSSR count). The second kappa shape index (κ2) is 5.66. The fraction of sp³-hybridized carbons (Fsp3) is 0.286. The van der Waals surface area contributed by atoms with Crippen LogP contribution in [0, 0.1) is 0 Å². The molecule has 25 heavy (non-hydrogen) atoms. The van der Waals surface area contributed by atoms with Crippen molar-refractivity contribution in [1.29, 1.82) is 0 Å². The monoisotopic (exact) mass is 329 g/mol. The minimum absolute atomic E-state index is 0.150. The molecule has 4 heteroatoms. The molecule has 2 bridgehead atoms. The Morgan fingerprint density at radius 1 is 1.12 bits per heavy atom. The quantitative estimate of drug-likeness (QED) is 0.723. The second-order valence-corrected chi connectivity index (χ2v) is 6.99. The third-order valence-electron chi connectivity index (χ3n) is 5.63. The van der Waals surface area contributed by atoms with Crippen LogP contribution in [-0.2, 0) is 17.6 Å². The van der Waals surface area contributed by atoms with Crippen molar-refractivity contribution in [1.82, 2.24) is 14.9 Å². The summed E-state index contributed by atoms with van der Waals surface area (Å²) in [5.74, 6) is 0.221. The number of benzene rings is 2. The lowest BCUT2D eigenvalue weighted by molar-refractivity contribution is -0.134. The zero-order valence-corrected chi connectivity index (χ0v) is 13.9. The van der Waals surface area contributed by atoms with Crippen LogP contribution in [-0.4, -0.2) is 26.8 Å². The molecular formula is C21H19N3O. The Bertz CT molecular complexity index is 963. The molecule has 3 aromatic rings. The van der Waals surface area contributed by atoms with Crippen LogP contribution < -0.4 is 0 Å². The van der Waals surface area contributed by atoms with E-state index in [4.69, 9.17) is 0 Å². The van der Waals surface area contributed by atoms with Gasteiger partial charge in [-0.1, -0.05) is 42.5 Å². The fourth-order valence-electron chi connectivity index (χ4n) is 4.50. The number of amides is 1. The maximum Gasteiger partial charge on any atom is 0.227 e. The highest BCUT2D eigenvalue weighted by Crippen LogP contribution is 2.43. The highest BCUT2D eigenvalue weighted by atomic mass is 16.2. The summed E-state index contributed by atoms with van der Waals surface area (Å²) in [6.45, 7) is 0. The van der Waals surface area contributed by atoms with Gasteiger partial charge in [0.05, 0.1) is 18.2 Å². The second-order valence-electron chi connectivity index (χ2n) is 6.99. The minimum atomic E-state index is 0.150. The van der Waals surface area contributed by atoms with Crippen LogP contribution in [0.5, 0.6) is 0 Å². The lowest BCUT2D eigenvalue weighted by atomic mass is 9.97. The van der Waals surface area contributed by atoms with Crippen LogP contribution in [0.1, 0.15) is 35.7 Å². The molecule has 0 spiro atoms. The van der Waals surface area contributed by atoms with Crippen LogP contribution >= 0.6 is 0 Å². The first-order valence-corrected chi connectivity index (χ1v) is 8.88. The summed E-state index contributed by atoms with van der Waals surface area (Å²) in [7, 11) is 0. The number of fused-ring (bicyclic) bond motifs is 5. The van der Waals surface area contributed by atoms with Gasteiger partial charge in [-0.25, -0.2) is 9.97 Å². The van der Waals surface area contributed by atoms with Crippen molar-refractivity contribution < 1.29 is 4.79 Å². The molecule has 4 nitrogen and oxygen atoms in total. The normalized spacial score (nSPS) is 21.4. The number of carbonyl (C=O) groups is 1. The van der Waals surface area contributed by atoms with Crippen molar-refractivity contribution in [2.75, 3.05) is 0 Å². The topological polar surface area (TPSA) is 46.1 Å².